The Morgan fingerprint density at radius 3 is 2.72 bits per heavy atom. The smallest absolute Gasteiger partial charge is 0.238 e. The number of nitrogens with one attached hydrogen (secondary N) is 2. The summed E-state index contributed by atoms with van der Waals surface area (Å²) in [6.07, 6.45) is 4.18. The molecule has 2 aromatic heterocycles. The summed E-state index contributed by atoms with van der Waals surface area (Å²) in [6.45, 7) is 1.81. The van der Waals surface area contributed by atoms with Crippen LogP contribution in [0.15, 0.2) is 59.8 Å². The standard InChI is InChI=1S/C26H29N5O4S/c1-34-13-11-18-14-19(9-10-21(18)36(27,32)33)24-22(17-6-3-2-4-7-17)23-25(29-16-30-26(23)31-24)28-15-20-8-5-12-35-20/h2-4,6-7,9-10,14,16,20H,5,8,11-13,15H2,1H3,(H2,27,32,33)(H2,28,29,30,31). The Labute approximate surface area is 210 Å². The van der Waals surface area contributed by atoms with Crippen LogP contribution < -0.4 is 10.5 Å². The molecule has 0 radical (unpaired) electrons. The minimum Gasteiger partial charge on any atom is -0.384 e. The van der Waals surface area contributed by atoms with Crippen molar-refractivity contribution in [3.8, 4) is 22.4 Å². The van der Waals surface area contributed by atoms with Gasteiger partial charge in [0, 0.05) is 25.8 Å². The highest BCUT2D eigenvalue weighted by atomic mass is 32.2. The van der Waals surface area contributed by atoms with Gasteiger partial charge in [0.2, 0.25) is 10.0 Å². The third-order valence-electron chi connectivity index (χ3n) is 6.41. The van der Waals surface area contributed by atoms with Gasteiger partial charge < -0.3 is 19.8 Å². The maximum absolute atomic E-state index is 12.2. The summed E-state index contributed by atoms with van der Waals surface area (Å²) < 4.78 is 35.4. The molecule has 1 fully saturated rings. The van der Waals surface area contributed by atoms with Crippen LogP contribution >= 0.6 is 0 Å². The van der Waals surface area contributed by atoms with Gasteiger partial charge in [-0.3, -0.25) is 0 Å². The van der Waals surface area contributed by atoms with Crippen LogP contribution in [-0.2, 0) is 25.9 Å². The fourth-order valence-corrected chi connectivity index (χ4v) is 5.49. The Bertz CT molecular complexity index is 1460. The molecular weight excluding hydrogens is 478 g/mol. The van der Waals surface area contributed by atoms with E-state index < -0.39 is 10.0 Å². The number of rotatable bonds is 9. The number of benzene rings is 2. The van der Waals surface area contributed by atoms with Crippen LogP contribution in [0.2, 0.25) is 0 Å². The highest BCUT2D eigenvalue weighted by molar-refractivity contribution is 7.89. The average molecular weight is 508 g/mol. The maximum atomic E-state index is 12.2. The van der Waals surface area contributed by atoms with Crippen molar-refractivity contribution in [2.75, 3.05) is 32.2 Å². The van der Waals surface area contributed by atoms with Crippen molar-refractivity contribution in [1.29, 1.82) is 0 Å². The Hall–Kier alpha value is -3.31. The van der Waals surface area contributed by atoms with E-state index in [1.807, 2.05) is 36.4 Å². The lowest BCUT2D eigenvalue weighted by atomic mass is 9.97. The van der Waals surface area contributed by atoms with Gasteiger partial charge in [0.25, 0.3) is 0 Å². The van der Waals surface area contributed by atoms with Crippen LogP contribution in [-0.4, -0.2) is 56.3 Å². The lowest BCUT2D eigenvalue weighted by molar-refractivity contribution is 0.120. The first-order valence-electron chi connectivity index (χ1n) is 11.9. The van der Waals surface area contributed by atoms with Crippen LogP contribution in [0.25, 0.3) is 33.4 Å². The van der Waals surface area contributed by atoms with E-state index in [4.69, 9.17) is 14.6 Å². The largest absolute Gasteiger partial charge is 0.384 e. The number of hydrogen-bond donors (Lipinski definition) is 3. The molecule has 0 aliphatic carbocycles. The number of nitrogens with two attached hydrogens (primary N) is 1. The maximum Gasteiger partial charge on any atom is 0.238 e. The number of aromatic amines is 1. The third-order valence-corrected chi connectivity index (χ3v) is 7.42. The second-order valence-corrected chi connectivity index (χ2v) is 10.3. The Morgan fingerprint density at radius 2 is 2.00 bits per heavy atom. The summed E-state index contributed by atoms with van der Waals surface area (Å²) in [7, 11) is -2.30. The zero-order chi connectivity index (χ0) is 25.1. The molecule has 1 unspecified atom stereocenters. The molecule has 1 aliphatic rings. The average Bonchev–Trinajstić information content (AvgIpc) is 3.54. The Balaban J connectivity index is 1.67. The van der Waals surface area contributed by atoms with Crippen molar-refractivity contribution in [1.82, 2.24) is 15.0 Å². The predicted molar refractivity (Wildman–Crippen MR) is 139 cm³/mol. The van der Waals surface area contributed by atoms with Gasteiger partial charge in [0.1, 0.15) is 17.8 Å². The molecule has 0 spiro atoms. The molecule has 0 bridgehead atoms. The summed E-state index contributed by atoms with van der Waals surface area (Å²) in [5, 5.41) is 9.82. The molecule has 188 valence electrons. The molecule has 0 amide bonds. The van der Waals surface area contributed by atoms with E-state index in [-0.39, 0.29) is 11.0 Å². The highest BCUT2D eigenvalue weighted by Crippen LogP contribution is 2.41. The second kappa shape index (κ2) is 10.4. The number of ether oxygens (including phenoxy) is 2. The van der Waals surface area contributed by atoms with Gasteiger partial charge in [-0.05, 0) is 48.1 Å². The summed E-state index contributed by atoms with van der Waals surface area (Å²) in [4.78, 5) is 12.6. The van der Waals surface area contributed by atoms with Crippen molar-refractivity contribution in [2.24, 2.45) is 5.14 Å². The second-order valence-electron chi connectivity index (χ2n) is 8.81. The first kappa shape index (κ1) is 24.4. The van der Waals surface area contributed by atoms with Gasteiger partial charge >= 0.3 is 0 Å². The fraction of sp³-hybridized carbons (Fsp3) is 0.308. The molecule has 10 heteroatoms. The molecule has 9 nitrogen and oxygen atoms in total. The molecule has 0 saturated carbocycles. The van der Waals surface area contributed by atoms with E-state index >= 15 is 0 Å². The SMILES string of the molecule is COCCc1cc(-c2[nH]c3ncnc(NCC4CCCO4)c3c2-c2ccccc2)ccc1S(N)(=O)=O. The summed E-state index contributed by atoms with van der Waals surface area (Å²) in [6, 6.07) is 15.2. The van der Waals surface area contributed by atoms with Gasteiger partial charge in [-0.15, -0.1) is 0 Å². The van der Waals surface area contributed by atoms with Crippen molar-refractivity contribution in [2.45, 2.75) is 30.3 Å². The zero-order valence-electron chi connectivity index (χ0n) is 20.0. The molecule has 36 heavy (non-hydrogen) atoms. The minimum atomic E-state index is -3.88. The molecule has 3 heterocycles. The number of hydrogen-bond acceptors (Lipinski definition) is 7. The summed E-state index contributed by atoms with van der Waals surface area (Å²) in [5.41, 5.74) is 4.83. The number of nitrogens with zero attached hydrogens (tertiary/aromatic N) is 2. The fourth-order valence-electron chi connectivity index (χ4n) is 4.70. The van der Waals surface area contributed by atoms with Crippen molar-refractivity contribution in [3.63, 3.8) is 0 Å². The number of primary sulfonamides is 1. The lowest BCUT2D eigenvalue weighted by Gasteiger charge is -2.13. The van der Waals surface area contributed by atoms with E-state index in [2.05, 4.69) is 20.3 Å². The number of aromatic nitrogens is 3. The van der Waals surface area contributed by atoms with E-state index in [9.17, 15) is 8.42 Å². The van der Waals surface area contributed by atoms with E-state index in [0.29, 0.717) is 30.8 Å². The Kier molecular flexibility index (Phi) is 7.01. The van der Waals surface area contributed by atoms with E-state index in [1.54, 1.807) is 19.2 Å². The molecule has 2 aromatic carbocycles. The predicted octanol–water partition coefficient (Wildman–Crippen LogP) is 3.72. The van der Waals surface area contributed by atoms with Crippen LogP contribution in [0, 0.1) is 0 Å². The monoisotopic (exact) mass is 507 g/mol. The highest BCUT2D eigenvalue weighted by Gasteiger charge is 2.23. The number of H-pyrrole nitrogens is 1. The summed E-state index contributed by atoms with van der Waals surface area (Å²) in [5.74, 6) is 0.720. The van der Waals surface area contributed by atoms with Crippen LogP contribution in [0.3, 0.4) is 0 Å². The molecular formula is C26H29N5O4S. The molecule has 1 atom stereocenters. The van der Waals surface area contributed by atoms with Crippen molar-refractivity contribution < 1.29 is 17.9 Å². The normalized spacial score (nSPS) is 16.0. The third kappa shape index (κ3) is 4.98. The number of fused-ring (bicyclic) bond motifs is 1. The van der Waals surface area contributed by atoms with Gasteiger partial charge in [-0.1, -0.05) is 36.4 Å². The zero-order valence-corrected chi connectivity index (χ0v) is 20.8. The van der Waals surface area contributed by atoms with Crippen LogP contribution in [0.4, 0.5) is 5.82 Å². The first-order valence-corrected chi connectivity index (χ1v) is 13.4. The molecule has 4 N–H and O–H groups in total. The summed E-state index contributed by atoms with van der Waals surface area (Å²) >= 11 is 0. The lowest BCUT2D eigenvalue weighted by Crippen LogP contribution is -2.19. The Morgan fingerprint density at radius 1 is 1.17 bits per heavy atom. The molecule has 1 aliphatic heterocycles. The van der Waals surface area contributed by atoms with Gasteiger partial charge in [-0.25, -0.2) is 23.5 Å². The van der Waals surface area contributed by atoms with Gasteiger partial charge in [-0.2, -0.15) is 0 Å². The van der Waals surface area contributed by atoms with Gasteiger partial charge in [0.05, 0.1) is 28.7 Å². The topological polar surface area (TPSA) is 132 Å². The van der Waals surface area contributed by atoms with Gasteiger partial charge in [0.15, 0.2) is 0 Å². The van der Waals surface area contributed by atoms with E-state index in [0.717, 1.165) is 53.0 Å². The molecule has 1 saturated heterocycles. The minimum absolute atomic E-state index is 0.0967. The van der Waals surface area contributed by atoms with Crippen molar-refractivity contribution in [3.05, 3.63) is 60.4 Å². The molecule has 5 rings (SSSR count). The number of anilines is 1. The van der Waals surface area contributed by atoms with Crippen LogP contribution in [0.1, 0.15) is 18.4 Å². The van der Waals surface area contributed by atoms with E-state index in [1.165, 1.54) is 6.33 Å². The van der Waals surface area contributed by atoms with Crippen LogP contribution in [0.5, 0.6) is 0 Å². The number of sulfonamides is 1. The molecule has 4 aromatic rings. The van der Waals surface area contributed by atoms with Crippen molar-refractivity contribution >= 4 is 26.9 Å². The number of methoxy groups -OCH3 is 1. The first-order chi connectivity index (χ1) is 17.5. The quantitative estimate of drug-likeness (QED) is 0.314.